The van der Waals surface area contributed by atoms with E-state index in [1.54, 1.807) is 6.07 Å². The molecule has 0 aliphatic heterocycles. The number of benzene rings is 1. The molecule has 1 aliphatic carbocycles. The van der Waals surface area contributed by atoms with Gasteiger partial charge in [-0.1, -0.05) is 19.3 Å². The second-order valence-corrected chi connectivity index (χ2v) is 5.04. The normalized spacial score (nSPS) is 15.7. The molecule has 1 aromatic carbocycles. The average Bonchev–Trinajstić information content (AvgIpc) is 2.48. The van der Waals surface area contributed by atoms with Crippen LogP contribution in [0.15, 0.2) is 18.2 Å². The van der Waals surface area contributed by atoms with Gasteiger partial charge in [-0.25, -0.2) is 4.79 Å². The zero-order valence-corrected chi connectivity index (χ0v) is 11.5. The number of hydrogen-bond acceptors (Lipinski definition) is 3. The van der Waals surface area contributed by atoms with Crippen molar-refractivity contribution in [1.82, 2.24) is 0 Å². The Bertz CT molecular complexity index is 507. The number of methoxy groups -OCH3 is 1. The van der Waals surface area contributed by atoms with Crippen molar-refractivity contribution < 1.29 is 19.4 Å². The van der Waals surface area contributed by atoms with Gasteiger partial charge in [-0.3, -0.25) is 4.79 Å². The Morgan fingerprint density at radius 3 is 2.55 bits per heavy atom. The summed E-state index contributed by atoms with van der Waals surface area (Å²) in [5, 5.41) is 11.8. The maximum Gasteiger partial charge on any atom is 0.335 e. The zero-order valence-electron chi connectivity index (χ0n) is 11.5. The number of aromatic carboxylic acids is 1. The van der Waals surface area contributed by atoms with Crippen LogP contribution < -0.4 is 10.1 Å². The highest BCUT2D eigenvalue weighted by atomic mass is 16.5. The molecule has 5 heteroatoms. The molecule has 20 heavy (non-hydrogen) atoms. The molecule has 1 fully saturated rings. The lowest BCUT2D eigenvalue weighted by Crippen LogP contribution is -2.25. The molecule has 0 radical (unpaired) electrons. The van der Waals surface area contributed by atoms with Gasteiger partial charge >= 0.3 is 5.97 Å². The summed E-state index contributed by atoms with van der Waals surface area (Å²) in [5.74, 6) is -0.610. The first kappa shape index (κ1) is 14.4. The number of carbonyl (C=O) groups excluding carboxylic acids is 1. The lowest BCUT2D eigenvalue weighted by molar-refractivity contribution is -0.120. The van der Waals surface area contributed by atoms with Crippen LogP contribution in [0.25, 0.3) is 0 Å². The minimum absolute atomic E-state index is 0.00826. The number of ether oxygens (including phenoxy) is 1. The molecule has 1 aromatic rings. The maximum atomic E-state index is 12.2. The molecule has 5 nitrogen and oxygen atoms in total. The first-order chi connectivity index (χ1) is 9.61. The highest BCUT2D eigenvalue weighted by Crippen LogP contribution is 2.29. The Balaban J connectivity index is 2.11. The minimum atomic E-state index is -1.02. The summed E-state index contributed by atoms with van der Waals surface area (Å²) in [6.07, 6.45) is 5.21. The molecule has 2 rings (SSSR count). The van der Waals surface area contributed by atoms with Gasteiger partial charge in [0.1, 0.15) is 5.75 Å². The molecule has 0 saturated heterocycles. The van der Waals surface area contributed by atoms with Crippen LogP contribution >= 0.6 is 0 Å². The SMILES string of the molecule is COc1cc(C(=O)O)ccc1NC(=O)C1CCCCC1. The third kappa shape index (κ3) is 3.29. The van der Waals surface area contributed by atoms with E-state index in [0.29, 0.717) is 11.4 Å². The van der Waals surface area contributed by atoms with E-state index in [0.717, 1.165) is 25.7 Å². The summed E-state index contributed by atoms with van der Waals surface area (Å²) in [7, 11) is 1.46. The van der Waals surface area contributed by atoms with Crippen molar-refractivity contribution in [2.75, 3.05) is 12.4 Å². The van der Waals surface area contributed by atoms with E-state index in [-0.39, 0.29) is 17.4 Å². The van der Waals surface area contributed by atoms with E-state index in [4.69, 9.17) is 9.84 Å². The molecule has 0 spiro atoms. The smallest absolute Gasteiger partial charge is 0.335 e. The maximum absolute atomic E-state index is 12.2. The number of rotatable bonds is 4. The van der Waals surface area contributed by atoms with Gasteiger partial charge in [-0.2, -0.15) is 0 Å². The fourth-order valence-electron chi connectivity index (χ4n) is 2.53. The van der Waals surface area contributed by atoms with Gasteiger partial charge in [0.2, 0.25) is 5.91 Å². The standard InChI is InChI=1S/C15H19NO4/c1-20-13-9-11(15(18)19)7-8-12(13)16-14(17)10-5-3-2-4-6-10/h7-10H,2-6H2,1H3,(H,16,17)(H,18,19). The lowest BCUT2D eigenvalue weighted by Gasteiger charge is -2.21. The van der Waals surface area contributed by atoms with E-state index in [1.807, 2.05) is 0 Å². The predicted molar refractivity (Wildman–Crippen MR) is 75.2 cm³/mol. The van der Waals surface area contributed by atoms with Crippen LogP contribution in [0.3, 0.4) is 0 Å². The van der Waals surface area contributed by atoms with Gasteiger partial charge in [0.05, 0.1) is 18.4 Å². The third-order valence-corrected chi connectivity index (χ3v) is 3.68. The van der Waals surface area contributed by atoms with E-state index in [9.17, 15) is 9.59 Å². The van der Waals surface area contributed by atoms with Gasteiger partial charge in [0.15, 0.2) is 0 Å². The number of carboxylic acids is 1. The van der Waals surface area contributed by atoms with Crippen molar-refractivity contribution in [3.8, 4) is 5.75 Å². The number of anilines is 1. The molecule has 0 heterocycles. The topological polar surface area (TPSA) is 75.6 Å². The molecule has 0 bridgehead atoms. The molecule has 1 saturated carbocycles. The van der Waals surface area contributed by atoms with Crippen LogP contribution in [0.5, 0.6) is 5.75 Å². The Kier molecular flexibility index (Phi) is 4.61. The molecule has 2 N–H and O–H groups in total. The molecule has 1 aliphatic rings. The quantitative estimate of drug-likeness (QED) is 0.887. The van der Waals surface area contributed by atoms with Crippen molar-refractivity contribution in [2.45, 2.75) is 32.1 Å². The third-order valence-electron chi connectivity index (χ3n) is 3.68. The molecule has 0 atom stereocenters. The predicted octanol–water partition coefficient (Wildman–Crippen LogP) is 2.91. The summed E-state index contributed by atoms with van der Waals surface area (Å²) >= 11 is 0. The summed E-state index contributed by atoms with van der Waals surface area (Å²) in [5.41, 5.74) is 0.658. The van der Waals surface area contributed by atoms with Crippen LogP contribution in [-0.2, 0) is 4.79 Å². The minimum Gasteiger partial charge on any atom is -0.495 e. The first-order valence-corrected chi connectivity index (χ1v) is 6.84. The molecule has 1 amide bonds. The Morgan fingerprint density at radius 1 is 1.25 bits per heavy atom. The average molecular weight is 277 g/mol. The van der Waals surface area contributed by atoms with E-state index in [2.05, 4.69) is 5.32 Å². The Labute approximate surface area is 117 Å². The van der Waals surface area contributed by atoms with Crippen LogP contribution in [0.4, 0.5) is 5.69 Å². The molecular weight excluding hydrogens is 258 g/mol. The fraction of sp³-hybridized carbons (Fsp3) is 0.467. The van der Waals surface area contributed by atoms with Gasteiger partial charge in [0.25, 0.3) is 0 Å². The number of amides is 1. The van der Waals surface area contributed by atoms with Crippen LogP contribution in [0.1, 0.15) is 42.5 Å². The second-order valence-electron chi connectivity index (χ2n) is 5.04. The van der Waals surface area contributed by atoms with Crippen LogP contribution in [-0.4, -0.2) is 24.1 Å². The van der Waals surface area contributed by atoms with Gasteiger partial charge in [-0.15, -0.1) is 0 Å². The Hall–Kier alpha value is -2.04. The van der Waals surface area contributed by atoms with Crippen LogP contribution in [0, 0.1) is 5.92 Å². The van der Waals surface area contributed by atoms with Crippen molar-refractivity contribution in [2.24, 2.45) is 5.92 Å². The van der Waals surface area contributed by atoms with Crippen molar-refractivity contribution >= 4 is 17.6 Å². The highest BCUT2D eigenvalue weighted by Gasteiger charge is 2.22. The number of hydrogen-bond donors (Lipinski definition) is 2. The first-order valence-electron chi connectivity index (χ1n) is 6.84. The van der Waals surface area contributed by atoms with E-state index < -0.39 is 5.97 Å². The van der Waals surface area contributed by atoms with E-state index in [1.165, 1.54) is 25.7 Å². The molecule has 0 unspecified atom stereocenters. The summed E-state index contributed by atoms with van der Waals surface area (Å²) in [6.45, 7) is 0. The molecule has 0 aromatic heterocycles. The van der Waals surface area contributed by atoms with Crippen molar-refractivity contribution in [1.29, 1.82) is 0 Å². The molecule has 108 valence electrons. The van der Waals surface area contributed by atoms with Crippen molar-refractivity contribution in [3.63, 3.8) is 0 Å². The second kappa shape index (κ2) is 6.41. The van der Waals surface area contributed by atoms with Crippen molar-refractivity contribution in [3.05, 3.63) is 23.8 Å². The number of carboxylic acid groups (broad SMARTS) is 1. The largest absolute Gasteiger partial charge is 0.495 e. The Morgan fingerprint density at radius 2 is 1.95 bits per heavy atom. The number of nitrogens with one attached hydrogen (secondary N) is 1. The zero-order chi connectivity index (χ0) is 14.5. The van der Waals surface area contributed by atoms with Crippen LogP contribution in [0.2, 0.25) is 0 Å². The van der Waals surface area contributed by atoms with E-state index >= 15 is 0 Å². The highest BCUT2D eigenvalue weighted by molar-refractivity contribution is 5.95. The van der Waals surface area contributed by atoms with Gasteiger partial charge in [-0.05, 0) is 31.0 Å². The molecular formula is C15H19NO4. The lowest BCUT2D eigenvalue weighted by atomic mass is 9.88. The summed E-state index contributed by atoms with van der Waals surface area (Å²) in [4.78, 5) is 23.1. The van der Waals surface area contributed by atoms with Gasteiger partial charge in [0, 0.05) is 5.92 Å². The monoisotopic (exact) mass is 277 g/mol. The summed E-state index contributed by atoms with van der Waals surface area (Å²) < 4.78 is 5.15. The van der Waals surface area contributed by atoms with Gasteiger partial charge < -0.3 is 15.2 Å². The number of carbonyl (C=O) groups is 2. The summed E-state index contributed by atoms with van der Waals surface area (Å²) in [6, 6.07) is 4.45. The fourth-order valence-corrected chi connectivity index (χ4v) is 2.53.